The normalized spacial score (nSPS) is 15.8. The molecule has 1 aromatic carbocycles. The Hall–Kier alpha value is -1.64. The maximum absolute atomic E-state index is 6.12. The second-order valence-electron chi connectivity index (χ2n) is 4.84. The number of ether oxygens (including phenoxy) is 1. The molecule has 0 bridgehead atoms. The molecule has 1 aliphatic rings. The third kappa shape index (κ3) is 2.82. The van der Waals surface area contributed by atoms with Gasteiger partial charge in [0.1, 0.15) is 0 Å². The van der Waals surface area contributed by atoms with E-state index in [0.717, 1.165) is 21.3 Å². The van der Waals surface area contributed by atoms with Crippen molar-refractivity contribution >= 4 is 44.7 Å². The number of anilines is 1. The van der Waals surface area contributed by atoms with Crippen LogP contribution in [0.15, 0.2) is 44.7 Å². The van der Waals surface area contributed by atoms with E-state index in [1.54, 1.807) is 11.3 Å². The van der Waals surface area contributed by atoms with Crippen LogP contribution in [0.2, 0.25) is 0 Å². The van der Waals surface area contributed by atoms with Gasteiger partial charge in [-0.3, -0.25) is 0 Å². The first kappa shape index (κ1) is 14.9. The molecule has 0 saturated carbocycles. The number of halogens is 1. The summed E-state index contributed by atoms with van der Waals surface area (Å²) in [5.74, 6) is 0.491. The summed E-state index contributed by atoms with van der Waals surface area (Å²) in [6.45, 7) is 0. The van der Waals surface area contributed by atoms with Gasteiger partial charge in [-0.1, -0.05) is 27.7 Å². The minimum atomic E-state index is -0.311. The topological polar surface area (TPSA) is 59.9 Å². The lowest BCUT2D eigenvalue weighted by Crippen LogP contribution is -2.16. The van der Waals surface area contributed by atoms with E-state index in [-0.39, 0.29) is 6.23 Å². The highest BCUT2D eigenvalue weighted by molar-refractivity contribution is 9.10. The molecule has 0 spiro atoms. The van der Waals surface area contributed by atoms with Crippen molar-refractivity contribution in [2.24, 2.45) is 0 Å². The highest BCUT2D eigenvalue weighted by Gasteiger charge is 2.26. The first-order valence-corrected chi connectivity index (χ1v) is 9.74. The molecule has 0 unspecified atom stereocenters. The van der Waals surface area contributed by atoms with Gasteiger partial charge in [-0.2, -0.15) is 16.3 Å². The molecule has 3 heterocycles. The van der Waals surface area contributed by atoms with E-state index in [1.807, 2.05) is 35.9 Å². The Morgan fingerprint density at radius 3 is 3.00 bits per heavy atom. The third-order valence-electron chi connectivity index (χ3n) is 3.42. The molecule has 1 aliphatic heterocycles. The van der Waals surface area contributed by atoms with Crippen LogP contribution in [-0.2, 0) is 0 Å². The first-order valence-electron chi connectivity index (χ1n) is 6.78. The van der Waals surface area contributed by atoms with Crippen LogP contribution in [0.5, 0.6) is 5.88 Å². The van der Waals surface area contributed by atoms with Crippen molar-refractivity contribution in [3.63, 3.8) is 0 Å². The number of thioether (sulfide) groups is 1. The van der Waals surface area contributed by atoms with Crippen LogP contribution in [-0.4, -0.2) is 21.4 Å². The number of nitrogens with one attached hydrogen (secondary N) is 1. The molecule has 8 heteroatoms. The van der Waals surface area contributed by atoms with E-state index in [2.05, 4.69) is 41.8 Å². The van der Waals surface area contributed by atoms with Gasteiger partial charge < -0.3 is 10.1 Å². The van der Waals surface area contributed by atoms with Gasteiger partial charge in [0.15, 0.2) is 11.9 Å². The summed E-state index contributed by atoms with van der Waals surface area (Å²) in [7, 11) is 0. The van der Waals surface area contributed by atoms with Crippen LogP contribution < -0.4 is 10.1 Å². The molecule has 3 aromatic rings. The average Bonchev–Trinajstić information content (AvgIpc) is 3.05. The SMILES string of the molecule is CSc1nnc2c(n1)O[C@H](c1ccsc1)Nc1ccc(Br)cc1-2. The van der Waals surface area contributed by atoms with Gasteiger partial charge in [-0.05, 0) is 41.3 Å². The van der Waals surface area contributed by atoms with Gasteiger partial charge >= 0.3 is 0 Å². The summed E-state index contributed by atoms with van der Waals surface area (Å²) in [4.78, 5) is 4.50. The molecule has 0 amide bonds. The molecular weight excluding hydrogens is 396 g/mol. The first-order chi connectivity index (χ1) is 11.2. The van der Waals surface area contributed by atoms with Crippen LogP contribution in [0.4, 0.5) is 5.69 Å². The van der Waals surface area contributed by atoms with Crippen LogP contribution in [0.3, 0.4) is 0 Å². The molecule has 0 fully saturated rings. The van der Waals surface area contributed by atoms with Gasteiger partial charge in [-0.25, -0.2) is 0 Å². The van der Waals surface area contributed by atoms with E-state index in [9.17, 15) is 0 Å². The maximum Gasteiger partial charge on any atom is 0.247 e. The predicted octanol–water partition coefficient (Wildman–Crippen LogP) is 4.59. The van der Waals surface area contributed by atoms with E-state index in [0.29, 0.717) is 16.7 Å². The molecule has 116 valence electrons. The molecule has 0 radical (unpaired) electrons. The Morgan fingerprint density at radius 1 is 1.30 bits per heavy atom. The molecule has 2 aromatic heterocycles. The van der Waals surface area contributed by atoms with Gasteiger partial charge in [0.05, 0.1) is 0 Å². The fourth-order valence-electron chi connectivity index (χ4n) is 2.33. The average molecular weight is 407 g/mol. The Kier molecular flexibility index (Phi) is 3.96. The lowest BCUT2D eigenvalue weighted by Gasteiger charge is -2.17. The van der Waals surface area contributed by atoms with Gasteiger partial charge in [0, 0.05) is 21.3 Å². The van der Waals surface area contributed by atoms with Crippen LogP contribution >= 0.6 is 39.0 Å². The largest absolute Gasteiger partial charge is 0.448 e. The highest BCUT2D eigenvalue weighted by Crippen LogP contribution is 2.40. The van der Waals surface area contributed by atoms with E-state index < -0.39 is 0 Å². The lowest BCUT2D eigenvalue weighted by molar-refractivity contribution is 0.226. The summed E-state index contributed by atoms with van der Waals surface area (Å²) in [5.41, 5.74) is 3.56. The van der Waals surface area contributed by atoms with Gasteiger partial charge in [-0.15, -0.1) is 10.2 Å². The zero-order valence-electron chi connectivity index (χ0n) is 12.0. The molecule has 23 heavy (non-hydrogen) atoms. The standard InChI is InChI=1S/C15H11BrN4OS2/c1-22-15-18-14-12(19-20-15)10-6-9(16)2-3-11(10)17-13(21-14)8-4-5-23-7-8/h2-7,13,17H,1H3/t13-/m1/s1. The van der Waals surface area contributed by atoms with Crippen molar-refractivity contribution in [2.45, 2.75) is 11.4 Å². The molecular formula is C15H11BrN4OS2. The zero-order chi connectivity index (χ0) is 15.8. The number of hydrogen-bond acceptors (Lipinski definition) is 7. The van der Waals surface area contributed by atoms with Crippen molar-refractivity contribution in [3.05, 3.63) is 45.1 Å². The second kappa shape index (κ2) is 6.10. The van der Waals surface area contributed by atoms with E-state index >= 15 is 0 Å². The monoisotopic (exact) mass is 406 g/mol. The van der Waals surface area contributed by atoms with Crippen molar-refractivity contribution in [2.75, 3.05) is 11.6 Å². The number of thiophene rings is 1. The number of hydrogen-bond donors (Lipinski definition) is 1. The second-order valence-corrected chi connectivity index (χ2v) is 7.31. The van der Waals surface area contributed by atoms with Crippen LogP contribution in [0, 0.1) is 0 Å². The Labute approximate surface area is 149 Å². The number of fused-ring (bicyclic) bond motifs is 3. The third-order valence-corrected chi connectivity index (χ3v) is 5.15. The van der Waals surface area contributed by atoms with Gasteiger partial charge in [0.2, 0.25) is 11.0 Å². The number of aromatic nitrogens is 3. The van der Waals surface area contributed by atoms with Gasteiger partial charge in [0.25, 0.3) is 0 Å². The summed E-state index contributed by atoms with van der Waals surface area (Å²) in [6.07, 6.45) is 1.60. The smallest absolute Gasteiger partial charge is 0.247 e. The molecule has 1 atom stereocenters. The maximum atomic E-state index is 6.12. The number of benzene rings is 1. The fraction of sp³-hybridized carbons (Fsp3) is 0.133. The van der Waals surface area contributed by atoms with Crippen LogP contribution in [0.25, 0.3) is 11.3 Å². The van der Waals surface area contributed by atoms with E-state index in [1.165, 1.54) is 11.8 Å². The molecule has 0 aliphatic carbocycles. The summed E-state index contributed by atoms with van der Waals surface area (Å²) in [5, 5.41) is 16.6. The Morgan fingerprint density at radius 2 is 2.22 bits per heavy atom. The van der Waals surface area contributed by atoms with Crippen molar-refractivity contribution in [3.8, 4) is 17.1 Å². The van der Waals surface area contributed by atoms with Crippen molar-refractivity contribution < 1.29 is 4.74 Å². The van der Waals surface area contributed by atoms with Crippen molar-refractivity contribution in [1.82, 2.24) is 15.2 Å². The summed E-state index contributed by atoms with van der Waals surface area (Å²) >= 11 is 6.58. The number of rotatable bonds is 2. The molecule has 5 nitrogen and oxygen atoms in total. The molecule has 0 saturated heterocycles. The Bertz CT molecular complexity index is 857. The summed E-state index contributed by atoms with van der Waals surface area (Å²) in [6, 6.07) is 8.02. The lowest BCUT2D eigenvalue weighted by atomic mass is 10.1. The van der Waals surface area contributed by atoms with E-state index in [4.69, 9.17) is 4.74 Å². The number of nitrogens with zero attached hydrogens (tertiary/aromatic N) is 3. The molecule has 4 rings (SSSR count). The fourth-order valence-corrected chi connectivity index (χ4v) is 3.66. The quantitative estimate of drug-likeness (QED) is 0.628. The predicted molar refractivity (Wildman–Crippen MR) is 96.1 cm³/mol. The summed E-state index contributed by atoms with van der Waals surface area (Å²) < 4.78 is 7.09. The highest BCUT2D eigenvalue weighted by atomic mass is 79.9. The minimum Gasteiger partial charge on any atom is -0.448 e. The van der Waals surface area contributed by atoms with Crippen LogP contribution in [0.1, 0.15) is 11.8 Å². The van der Waals surface area contributed by atoms with Crippen molar-refractivity contribution in [1.29, 1.82) is 0 Å². The molecule has 1 N–H and O–H groups in total. The zero-order valence-corrected chi connectivity index (χ0v) is 15.2. The minimum absolute atomic E-state index is 0.311. The Balaban J connectivity index is 1.90.